The fourth-order valence-electron chi connectivity index (χ4n) is 1.94. The monoisotopic (exact) mass is 326 g/mol. The Kier molecular flexibility index (Phi) is 4.10. The summed E-state index contributed by atoms with van der Waals surface area (Å²) >= 11 is 4.97. The van der Waals surface area contributed by atoms with Gasteiger partial charge in [-0.15, -0.1) is 11.3 Å². The molecule has 0 amide bonds. The average Bonchev–Trinajstić information content (AvgIpc) is 2.78. The normalized spacial score (nSPS) is 12.5. The second kappa shape index (κ2) is 5.43. The van der Waals surface area contributed by atoms with E-state index in [0.29, 0.717) is 0 Å². The van der Waals surface area contributed by atoms with Gasteiger partial charge in [0.15, 0.2) is 0 Å². The largest absolute Gasteiger partial charge is 0.496 e. The molecule has 1 unspecified atom stereocenters. The highest BCUT2D eigenvalue weighted by Gasteiger charge is 2.18. The molecule has 96 valence electrons. The molecule has 0 aliphatic rings. The van der Waals surface area contributed by atoms with Crippen molar-refractivity contribution in [1.29, 1.82) is 0 Å². The number of methoxy groups -OCH3 is 1. The molecule has 0 aliphatic heterocycles. The van der Waals surface area contributed by atoms with E-state index in [0.717, 1.165) is 31.8 Å². The summed E-state index contributed by atoms with van der Waals surface area (Å²) in [6.45, 7) is 4.04. The van der Waals surface area contributed by atoms with E-state index >= 15 is 0 Å². The van der Waals surface area contributed by atoms with Crippen molar-refractivity contribution in [1.82, 2.24) is 0 Å². The number of aryl methyl sites for hydroxylation is 1. The molecule has 4 heteroatoms. The van der Waals surface area contributed by atoms with Crippen LogP contribution in [0.25, 0.3) is 0 Å². The van der Waals surface area contributed by atoms with Gasteiger partial charge >= 0.3 is 0 Å². The van der Waals surface area contributed by atoms with Gasteiger partial charge in [0, 0.05) is 5.56 Å². The van der Waals surface area contributed by atoms with E-state index in [4.69, 9.17) is 4.74 Å². The van der Waals surface area contributed by atoms with E-state index in [9.17, 15) is 5.11 Å². The van der Waals surface area contributed by atoms with Gasteiger partial charge in [-0.3, -0.25) is 0 Å². The molecule has 2 nitrogen and oxygen atoms in total. The predicted molar refractivity (Wildman–Crippen MR) is 78.5 cm³/mol. The maximum absolute atomic E-state index is 10.4. The van der Waals surface area contributed by atoms with Crippen LogP contribution in [0, 0.1) is 13.8 Å². The first-order valence-electron chi connectivity index (χ1n) is 5.60. The highest BCUT2D eigenvalue weighted by molar-refractivity contribution is 9.11. The van der Waals surface area contributed by atoms with Gasteiger partial charge in [0.1, 0.15) is 11.9 Å². The molecule has 0 fully saturated rings. The number of hydrogen-bond acceptors (Lipinski definition) is 3. The Balaban J connectivity index is 2.48. The fraction of sp³-hybridized carbons (Fsp3) is 0.286. The predicted octanol–water partition coefficient (Wildman–Crippen LogP) is 4.22. The SMILES string of the molecule is COc1c(C(O)c2csc(Br)c2)ccc(C)c1C. The van der Waals surface area contributed by atoms with Crippen LogP contribution in [0.5, 0.6) is 5.75 Å². The second-order valence-corrected chi connectivity index (χ2v) is 6.51. The van der Waals surface area contributed by atoms with Crippen molar-refractivity contribution in [2.24, 2.45) is 0 Å². The Labute approximate surface area is 119 Å². The number of benzene rings is 1. The van der Waals surface area contributed by atoms with Gasteiger partial charge in [-0.25, -0.2) is 0 Å². The number of ether oxygens (including phenoxy) is 1. The van der Waals surface area contributed by atoms with E-state index < -0.39 is 6.10 Å². The lowest BCUT2D eigenvalue weighted by Gasteiger charge is -2.17. The van der Waals surface area contributed by atoms with Crippen LogP contribution in [0.3, 0.4) is 0 Å². The molecule has 1 aromatic heterocycles. The molecule has 0 saturated carbocycles. The molecular weight excluding hydrogens is 312 g/mol. The lowest BCUT2D eigenvalue weighted by atomic mass is 9.98. The Morgan fingerprint density at radius 3 is 2.61 bits per heavy atom. The minimum absolute atomic E-state index is 0.651. The van der Waals surface area contributed by atoms with Crippen molar-refractivity contribution in [3.63, 3.8) is 0 Å². The van der Waals surface area contributed by atoms with Crippen molar-refractivity contribution in [3.8, 4) is 5.75 Å². The maximum atomic E-state index is 10.4. The van der Waals surface area contributed by atoms with Gasteiger partial charge in [-0.05, 0) is 57.9 Å². The van der Waals surface area contributed by atoms with Gasteiger partial charge < -0.3 is 9.84 Å². The second-order valence-electron chi connectivity index (χ2n) is 4.22. The summed E-state index contributed by atoms with van der Waals surface area (Å²) in [5.74, 6) is 0.768. The van der Waals surface area contributed by atoms with Gasteiger partial charge in [0.2, 0.25) is 0 Å². The van der Waals surface area contributed by atoms with E-state index in [-0.39, 0.29) is 0 Å². The number of halogens is 1. The molecule has 0 aliphatic carbocycles. The summed E-state index contributed by atoms with van der Waals surface area (Å²) in [5, 5.41) is 12.4. The summed E-state index contributed by atoms with van der Waals surface area (Å²) in [6.07, 6.45) is -0.651. The van der Waals surface area contributed by atoms with E-state index in [2.05, 4.69) is 15.9 Å². The van der Waals surface area contributed by atoms with Crippen LogP contribution in [0.2, 0.25) is 0 Å². The third-order valence-corrected chi connectivity index (χ3v) is 4.63. The summed E-state index contributed by atoms with van der Waals surface area (Å²) in [7, 11) is 1.64. The Morgan fingerprint density at radius 1 is 1.33 bits per heavy atom. The van der Waals surface area contributed by atoms with Gasteiger partial charge in [-0.2, -0.15) is 0 Å². The van der Waals surface area contributed by atoms with Gasteiger partial charge in [0.05, 0.1) is 10.9 Å². The van der Waals surface area contributed by atoms with E-state index in [1.165, 1.54) is 0 Å². The fourth-order valence-corrected chi connectivity index (χ4v) is 3.14. The number of thiophene rings is 1. The summed E-state index contributed by atoms with van der Waals surface area (Å²) in [4.78, 5) is 0. The number of aliphatic hydroxyl groups is 1. The minimum atomic E-state index is -0.651. The minimum Gasteiger partial charge on any atom is -0.496 e. The van der Waals surface area contributed by atoms with Crippen molar-refractivity contribution < 1.29 is 9.84 Å². The lowest BCUT2D eigenvalue weighted by molar-refractivity contribution is 0.215. The van der Waals surface area contributed by atoms with Crippen molar-refractivity contribution in [2.45, 2.75) is 20.0 Å². The van der Waals surface area contributed by atoms with Crippen LogP contribution in [-0.2, 0) is 0 Å². The first-order chi connectivity index (χ1) is 8.54. The summed E-state index contributed by atoms with van der Waals surface area (Å²) < 4.78 is 6.45. The molecule has 0 spiro atoms. The number of rotatable bonds is 3. The Hall–Kier alpha value is -0.840. The molecule has 1 N–H and O–H groups in total. The summed E-state index contributed by atoms with van der Waals surface area (Å²) in [6, 6.07) is 5.87. The third-order valence-electron chi connectivity index (χ3n) is 3.11. The molecule has 0 saturated heterocycles. The zero-order valence-electron chi connectivity index (χ0n) is 10.5. The molecule has 2 rings (SSSR count). The standard InChI is InChI=1S/C14H15BrO2S/c1-8-4-5-11(14(17-3)9(8)2)13(16)10-6-12(15)18-7-10/h4-7,13,16H,1-3H3. The molecule has 1 heterocycles. The van der Waals surface area contributed by atoms with Crippen molar-refractivity contribution in [2.75, 3.05) is 7.11 Å². The molecule has 2 aromatic rings. The molecule has 18 heavy (non-hydrogen) atoms. The maximum Gasteiger partial charge on any atom is 0.128 e. The van der Waals surface area contributed by atoms with Crippen LogP contribution in [0.1, 0.15) is 28.4 Å². The van der Waals surface area contributed by atoms with Crippen LogP contribution < -0.4 is 4.74 Å². The van der Waals surface area contributed by atoms with E-state index in [1.54, 1.807) is 18.4 Å². The Morgan fingerprint density at radius 2 is 2.06 bits per heavy atom. The first-order valence-corrected chi connectivity index (χ1v) is 7.28. The topological polar surface area (TPSA) is 29.5 Å². The number of aliphatic hydroxyl groups excluding tert-OH is 1. The third kappa shape index (κ3) is 2.46. The van der Waals surface area contributed by atoms with Gasteiger partial charge in [0.25, 0.3) is 0 Å². The highest BCUT2D eigenvalue weighted by Crippen LogP contribution is 2.36. The van der Waals surface area contributed by atoms with Crippen LogP contribution >= 0.6 is 27.3 Å². The van der Waals surface area contributed by atoms with Crippen LogP contribution in [0.4, 0.5) is 0 Å². The van der Waals surface area contributed by atoms with Gasteiger partial charge in [-0.1, -0.05) is 12.1 Å². The van der Waals surface area contributed by atoms with Crippen molar-refractivity contribution in [3.05, 3.63) is 49.6 Å². The smallest absolute Gasteiger partial charge is 0.128 e. The summed E-state index contributed by atoms with van der Waals surface area (Å²) in [5.41, 5.74) is 3.93. The molecule has 0 bridgehead atoms. The zero-order chi connectivity index (χ0) is 13.3. The quantitative estimate of drug-likeness (QED) is 0.915. The van der Waals surface area contributed by atoms with E-state index in [1.807, 2.05) is 37.4 Å². The average molecular weight is 327 g/mol. The number of hydrogen-bond donors (Lipinski definition) is 1. The molecular formula is C14H15BrO2S. The highest BCUT2D eigenvalue weighted by atomic mass is 79.9. The molecule has 0 radical (unpaired) electrons. The van der Waals surface area contributed by atoms with Crippen LogP contribution in [-0.4, -0.2) is 12.2 Å². The molecule has 1 atom stereocenters. The van der Waals surface area contributed by atoms with Crippen LogP contribution in [0.15, 0.2) is 27.4 Å². The zero-order valence-corrected chi connectivity index (χ0v) is 12.9. The Bertz CT molecular complexity index is 563. The lowest BCUT2D eigenvalue weighted by Crippen LogP contribution is -2.03. The molecule has 1 aromatic carbocycles. The van der Waals surface area contributed by atoms with Crippen molar-refractivity contribution >= 4 is 27.3 Å². The first kappa shape index (κ1) is 13.6.